The molecule has 2 N–H and O–H groups in total. The highest BCUT2D eigenvalue weighted by atomic mass is 32.2. The second-order valence-electron chi connectivity index (χ2n) is 5.98. The van der Waals surface area contributed by atoms with Gasteiger partial charge in [-0.05, 0) is 50.9 Å². The van der Waals surface area contributed by atoms with E-state index in [4.69, 9.17) is 4.52 Å². The Bertz CT molecular complexity index is 683. The minimum Gasteiger partial charge on any atom is -0.361 e. The maximum absolute atomic E-state index is 12.4. The predicted molar refractivity (Wildman–Crippen MR) is 93.0 cm³/mol. The maximum atomic E-state index is 12.4. The summed E-state index contributed by atoms with van der Waals surface area (Å²) in [7, 11) is 0. The first-order chi connectivity index (χ1) is 11.7. The van der Waals surface area contributed by atoms with Crippen LogP contribution >= 0.6 is 11.8 Å². The molecule has 7 heteroatoms. The molecule has 2 aromatic rings. The first-order valence-corrected chi connectivity index (χ1v) is 9.20. The van der Waals surface area contributed by atoms with Crippen molar-refractivity contribution >= 4 is 17.7 Å². The number of hydrogen-bond acceptors (Lipinski definition) is 6. The zero-order valence-electron chi connectivity index (χ0n) is 13.7. The summed E-state index contributed by atoms with van der Waals surface area (Å²) in [6.45, 7) is 4.71. The molecule has 3 rings (SSSR count). The molecule has 1 atom stereocenters. The van der Waals surface area contributed by atoms with Crippen LogP contribution in [0.5, 0.6) is 0 Å². The van der Waals surface area contributed by atoms with Gasteiger partial charge in [-0.3, -0.25) is 4.79 Å². The molecule has 1 aliphatic heterocycles. The maximum Gasteiger partial charge on any atom is 0.254 e. The van der Waals surface area contributed by atoms with Crippen LogP contribution in [0.4, 0.5) is 0 Å². The highest BCUT2D eigenvalue weighted by Gasteiger charge is 2.16. The summed E-state index contributed by atoms with van der Waals surface area (Å²) >= 11 is 1.50. The van der Waals surface area contributed by atoms with E-state index in [2.05, 4.69) is 20.8 Å². The van der Waals surface area contributed by atoms with Crippen LogP contribution in [0.15, 0.2) is 33.9 Å². The number of carbonyl (C=O) groups is 1. The largest absolute Gasteiger partial charge is 0.361 e. The molecule has 1 unspecified atom stereocenters. The van der Waals surface area contributed by atoms with E-state index in [0.717, 1.165) is 36.0 Å². The molecule has 0 bridgehead atoms. The normalized spacial score (nSPS) is 17.1. The van der Waals surface area contributed by atoms with Gasteiger partial charge in [0, 0.05) is 24.6 Å². The first-order valence-electron chi connectivity index (χ1n) is 8.21. The summed E-state index contributed by atoms with van der Waals surface area (Å²) in [5.74, 6) is 2.02. The van der Waals surface area contributed by atoms with Crippen molar-refractivity contribution in [3.8, 4) is 0 Å². The summed E-state index contributed by atoms with van der Waals surface area (Å²) < 4.78 is 5.06. The average Bonchev–Trinajstić information content (AvgIpc) is 3.25. The van der Waals surface area contributed by atoms with E-state index in [1.807, 2.05) is 19.1 Å². The van der Waals surface area contributed by atoms with Crippen molar-refractivity contribution in [3.05, 3.63) is 41.4 Å². The SMILES string of the molecule is Cc1cc(CSc2ncccc2C(=O)NCCC2CCNC2)no1. The molecule has 0 radical (unpaired) electrons. The number of amides is 1. The van der Waals surface area contributed by atoms with Crippen molar-refractivity contribution < 1.29 is 9.32 Å². The fourth-order valence-corrected chi connectivity index (χ4v) is 3.63. The highest BCUT2D eigenvalue weighted by Crippen LogP contribution is 2.24. The Morgan fingerprint density at radius 2 is 2.46 bits per heavy atom. The standard InChI is InChI=1S/C17H22N4O2S/c1-12-9-14(21-23-12)11-24-17-15(3-2-6-20-17)16(22)19-8-5-13-4-7-18-10-13/h2-3,6,9,13,18H,4-5,7-8,10-11H2,1H3,(H,19,22). The number of aromatic nitrogens is 2. The number of hydrogen-bond donors (Lipinski definition) is 2. The Morgan fingerprint density at radius 1 is 1.54 bits per heavy atom. The van der Waals surface area contributed by atoms with E-state index in [-0.39, 0.29) is 5.91 Å². The third-order valence-electron chi connectivity index (χ3n) is 4.05. The molecule has 2 aromatic heterocycles. The Morgan fingerprint density at radius 3 is 3.21 bits per heavy atom. The summed E-state index contributed by atoms with van der Waals surface area (Å²) in [5.41, 5.74) is 1.47. The van der Waals surface area contributed by atoms with E-state index in [1.54, 1.807) is 12.3 Å². The molecule has 128 valence electrons. The number of nitrogens with one attached hydrogen (secondary N) is 2. The minimum absolute atomic E-state index is 0.0621. The molecule has 1 fully saturated rings. The monoisotopic (exact) mass is 346 g/mol. The summed E-state index contributed by atoms with van der Waals surface area (Å²) in [4.78, 5) is 16.8. The smallest absolute Gasteiger partial charge is 0.254 e. The van der Waals surface area contributed by atoms with Gasteiger partial charge >= 0.3 is 0 Å². The van der Waals surface area contributed by atoms with Gasteiger partial charge in [-0.25, -0.2) is 4.98 Å². The van der Waals surface area contributed by atoms with E-state index in [9.17, 15) is 4.79 Å². The third kappa shape index (κ3) is 4.58. The van der Waals surface area contributed by atoms with E-state index in [0.29, 0.717) is 23.8 Å². The van der Waals surface area contributed by atoms with E-state index >= 15 is 0 Å². The van der Waals surface area contributed by atoms with Gasteiger partial charge in [0.15, 0.2) is 0 Å². The van der Waals surface area contributed by atoms with Crippen molar-refractivity contribution in [3.63, 3.8) is 0 Å². The van der Waals surface area contributed by atoms with Gasteiger partial charge in [-0.15, -0.1) is 0 Å². The van der Waals surface area contributed by atoms with Crippen LogP contribution in [-0.4, -0.2) is 35.7 Å². The van der Waals surface area contributed by atoms with Gasteiger partial charge in [-0.2, -0.15) is 0 Å². The Hall–Kier alpha value is -1.86. The molecule has 0 saturated carbocycles. The van der Waals surface area contributed by atoms with Crippen molar-refractivity contribution in [1.29, 1.82) is 0 Å². The molecule has 24 heavy (non-hydrogen) atoms. The summed E-state index contributed by atoms with van der Waals surface area (Å²) in [6.07, 6.45) is 3.91. The lowest BCUT2D eigenvalue weighted by molar-refractivity contribution is 0.0948. The lowest BCUT2D eigenvalue weighted by Gasteiger charge is -2.11. The average molecular weight is 346 g/mol. The Labute approximate surface area is 145 Å². The van der Waals surface area contributed by atoms with Gasteiger partial charge in [0.05, 0.1) is 11.3 Å². The van der Waals surface area contributed by atoms with Crippen LogP contribution in [0.2, 0.25) is 0 Å². The minimum atomic E-state index is -0.0621. The topological polar surface area (TPSA) is 80.0 Å². The lowest BCUT2D eigenvalue weighted by atomic mass is 10.1. The zero-order valence-corrected chi connectivity index (χ0v) is 14.6. The summed E-state index contributed by atoms with van der Waals surface area (Å²) in [6, 6.07) is 5.50. The van der Waals surface area contributed by atoms with Crippen LogP contribution in [0.25, 0.3) is 0 Å². The fraction of sp³-hybridized carbons (Fsp3) is 0.471. The molecule has 0 spiro atoms. The van der Waals surface area contributed by atoms with Crippen LogP contribution in [0.3, 0.4) is 0 Å². The molecule has 0 aromatic carbocycles. The van der Waals surface area contributed by atoms with Crippen LogP contribution in [-0.2, 0) is 5.75 Å². The number of carbonyl (C=O) groups excluding carboxylic acids is 1. The Kier molecular flexibility index (Phi) is 5.87. The second kappa shape index (κ2) is 8.30. The first kappa shape index (κ1) is 17.0. The van der Waals surface area contributed by atoms with Crippen molar-refractivity contribution in [2.45, 2.75) is 30.5 Å². The number of nitrogens with zero attached hydrogens (tertiary/aromatic N) is 2. The molecular formula is C17H22N4O2S. The van der Waals surface area contributed by atoms with Crippen molar-refractivity contribution in [1.82, 2.24) is 20.8 Å². The Balaban J connectivity index is 1.54. The molecule has 0 aliphatic carbocycles. The predicted octanol–water partition coefficient (Wildman–Crippen LogP) is 2.40. The molecule has 3 heterocycles. The number of aryl methyl sites for hydroxylation is 1. The second-order valence-corrected chi connectivity index (χ2v) is 6.94. The van der Waals surface area contributed by atoms with Crippen LogP contribution in [0.1, 0.15) is 34.7 Å². The molecule has 6 nitrogen and oxygen atoms in total. The van der Waals surface area contributed by atoms with Gasteiger partial charge in [0.2, 0.25) is 0 Å². The molecule has 1 saturated heterocycles. The third-order valence-corrected chi connectivity index (χ3v) is 5.09. The van der Waals surface area contributed by atoms with Crippen LogP contribution < -0.4 is 10.6 Å². The van der Waals surface area contributed by atoms with Gasteiger partial charge in [0.25, 0.3) is 5.91 Å². The van der Waals surface area contributed by atoms with E-state index < -0.39 is 0 Å². The van der Waals surface area contributed by atoms with Gasteiger partial charge in [-0.1, -0.05) is 16.9 Å². The number of rotatable bonds is 7. The van der Waals surface area contributed by atoms with Crippen molar-refractivity contribution in [2.24, 2.45) is 5.92 Å². The number of pyridine rings is 1. The molecular weight excluding hydrogens is 324 g/mol. The quantitative estimate of drug-likeness (QED) is 0.750. The van der Waals surface area contributed by atoms with E-state index in [1.165, 1.54) is 18.2 Å². The van der Waals surface area contributed by atoms with Gasteiger partial charge < -0.3 is 15.2 Å². The zero-order chi connectivity index (χ0) is 16.8. The number of thioether (sulfide) groups is 1. The molecule has 1 amide bonds. The fourth-order valence-electron chi connectivity index (χ4n) is 2.75. The van der Waals surface area contributed by atoms with Gasteiger partial charge in [0.1, 0.15) is 10.8 Å². The highest BCUT2D eigenvalue weighted by molar-refractivity contribution is 7.98. The lowest BCUT2D eigenvalue weighted by Crippen LogP contribution is -2.27. The molecule has 1 aliphatic rings. The summed E-state index contributed by atoms with van der Waals surface area (Å²) in [5, 5.41) is 11.0. The van der Waals surface area contributed by atoms with Crippen LogP contribution in [0, 0.1) is 12.8 Å². The van der Waals surface area contributed by atoms with Crippen molar-refractivity contribution in [2.75, 3.05) is 19.6 Å².